The molecule has 2 heterocycles. The minimum atomic E-state index is 0.956. The zero-order chi connectivity index (χ0) is 6.10. The Balaban J connectivity index is 2.29. The van der Waals surface area contributed by atoms with Crippen LogP contribution in [-0.2, 0) is 0 Å². The first kappa shape index (κ1) is 4.43. The third-order valence-electron chi connectivity index (χ3n) is 1.19. The Kier molecular flexibility index (Phi) is 0.745. The molecule has 2 N–H and O–H groups in total. The molecule has 4 heteroatoms. The molecule has 4 nitrogen and oxygen atoms in total. The molecule has 0 saturated heterocycles. The van der Waals surface area contributed by atoms with Crippen LogP contribution in [-0.4, -0.2) is 11.2 Å². The van der Waals surface area contributed by atoms with Gasteiger partial charge in [-0.05, 0) is 0 Å². The van der Waals surface area contributed by atoms with Crippen LogP contribution in [0.3, 0.4) is 0 Å². The number of rotatable bonds is 0. The second-order valence-electron chi connectivity index (χ2n) is 1.78. The standard InChI is InChI=1S/C5H6N4/c1-2-9-4-7-8-5(9)3-6-1/h1-4,6,8H. The third kappa shape index (κ3) is 0.561. The van der Waals surface area contributed by atoms with Crippen LogP contribution >= 0.6 is 0 Å². The topological polar surface area (TPSA) is 39.7 Å². The van der Waals surface area contributed by atoms with Gasteiger partial charge < -0.3 is 5.32 Å². The summed E-state index contributed by atoms with van der Waals surface area (Å²) in [6.07, 6.45) is 7.28. The van der Waals surface area contributed by atoms with Gasteiger partial charge in [0.1, 0.15) is 12.2 Å². The molecule has 2 aliphatic rings. The van der Waals surface area contributed by atoms with Crippen molar-refractivity contribution in [3.63, 3.8) is 0 Å². The second-order valence-corrected chi connectivity index (χ2v) is 1.78. The van der Waals surface area contributed by atoms with Crippen LogP contribution in [0.1, 0.15) is 0 Å². The monoisotopic (exact) mass is 122 g/mol. The molecule has 0 atom stereocenters. The lowest BCUT2D eigenvalue weighted by Gasteiger charge is -2.13. The van der Waals surface area contributed by atoms with E-state index in [1.54, 1.807) is 6.34 Å². The smallest absolute Gasteiger partial charge is 0.148 e. The fraction of sp³-hybridized carbons (Fsp3) is 0. The summed E-state index contributed by atoms with van der Waals surface area (Å²) >= 11 is 0. The fourth-order valence-corrected chi connectivity index (χ4v) is 0.753. The van der Waals surface area contributed by atoms with Crippen LogP contribution in [0, 0.1) is 0 Å². The zero-order valence-corrected chi connectivity index (χ0v) is 4.70. The van der Waals surface area contributed by atoms with E-state index in [1.165, 1.54) is 0 Å². The maximum atomic E-state index is 3.82. The molecule has 2 aliphatic heterocycles. The Labute approximate surface area is 52.5 Å². The molecule has 0 bridgehead atoms. The number of hydrogen-bond acceptors (Lipinski definition) is 4. The van der Waals surface area contributed by atoms with Gasteiger partial charge in [-0.3, -0.25) is 10.3 Å². The van der Waals surface area contributed by atoms with E-state index < -0.39 is 0 Å². The number of hydrogen-bond donors (Lipinski definition) is 2. The van der Waals surface area contributed by atoms with Crippen LogP contribution in [0.5, 0.6) is 0 Å². The molecule has 0 aliphatic carbocycles. The summed E-state index contributed by atoms with van der Waals surface area (Å²) in [6.45, 7) is 0. The Morgan fingerprint density at radius 3 is 3.44 bits per heavy atom. The number of nitrogens with one attached hydrogen (secondary N) is 2. The van der Waals surface area contributed by atoms with Crippen LogP contribution in [0.15, 0.2) is 29.5 Å². The summed E-state index contributed by atoms with van der Waals surface area (Å²) in [5.74, 6) is 0.956. The molecule has 0 saturated carbocycles. The van der Waals surface area contributed by atoms with Gasteiger partial charge in [-0.15, -0.1) is 0 Å². The van der Waals surface area contributed by atoms with Gasteiger partial charge in [0.05, 0.1) is 0 Å². The van der Waals surface area contributed by atoms with Crippen LogP contribution in [0.4, 0.5) is 0 Å². The van der Waals surface area contributed by atoms with Crippen molar-refractivity contribution in [2.75, 3.05) is 0 Å². The van der Waals surface area contributed by atoms with Crippen molar-refractivity contribution in [1.29, 1.82) is 0 Å². The van der Waals surface area contributed by atoms with Crippen LogP contribution in [0.2, 0.25) is 0 Å². The van der Waals surface area contributed by atoms with E-state index in [0.29, 0.717) is 0 Å². The molecule has 0 radical (unpaired) electrons. The van der Waals surface area contributed by atoms with E-state index in [9.17, 15) is 0 Å². The maximum absolute atomic E-state index is 3.82. The van der Waals surface area contributed by atoms with Gasteiger partial charge in [0.2, 0.25) is 0 Å². The predicted molar refractivity (Wildman–Crippen MR) is 33.8 cm³/mol. The molecule has 0 unspecified atom stereocenters. The van der Waals surface area contributed by atoms with E-state index >= 15 is 0 Å². The number of fused-ring (bicyclic) bond motifs is 1. The lowest BCUT2D eigenvalue weighted by atomic mass is 10.6. The van der Waals surface area contributed by atoms with E-state index in [2.05, 4.69) is 15.8 Å². The first-order valence-electron chi connectivity index (χ1n) is 2.67. The summed E-state index contributed by atoms with van der Waals surface area (Å²) in [4.78, 5) is 1.89. The van der Waals surface area contributed by atoms with Crippen molar-refractivity contribution in [3.8, 4) is 0 Å². The molecule has 0 spiro atoms. The van der Waals surface area contributed by atoms with Gasteiger partial charge >= 0.3 is 0 Å². The van der Waals surface area contributed by atoms with Gasteiger partial charge in [-0.25, -0.2) is 0 Å². The van der Waals surface area contributed by atoms with Gasteiger partial charge in [-0.1, -0.05) is 0 Å². The van der Waals surface area contributed by atoms with E-state index in [4.69, 9.17) is 0 Å². The normalized spacial score (nSPS) is 20.4. The van der Waals surface area contributed by atoms with Gasteiger partial charge in [-0.2, -0.15) is 5.10 Å². The summed E-state index contributed by atoms with van der Waals surface area (Å²) in [5, 5.41) is 6.75. The minimum Gasteiger partial charge on any atom is -0.363 e. The summed E-state index contributed by atoms with van der Waals surface area (Å²) in [5.41, 5.74) is 2.80. The summed E-state index contributed by atoms with van der Waals surface area (Å²) in [7, 11) is 0. The lowest BCUT2D eigenvalue weighted by Crippen LogP contribution is -2.21. The Morgan fingerprint density at radius 2 is 2.56 bits per heavy atom. The highest BCUT2D eigenvalue weighted by Gasteiger charge is 2.10. The highest BCUT2D eigenvalue weighted by molar-refractivity contribution is 5.62. The lowest BCUT2D eigenvalue weighted by molar-refractivity contribution is 0.648. The molecule has 0 aromatic heterocycles. The SMILES string of the molecule is C1=CN2C=NNC2=CN1. The highest BCUT2D eigenvalue weighted by Crippen LogP contribution is 2.05. The van der Waals surface area contributed by atoms with Crippen LogP contribution < -0.4 is 10.7 Å². The first-order chi connectivity index (χ1) is 4.47. The average molecular weight is 122 g/mol. The molecule has 0 aromatic carbocycles. The predicted octanol–water partition coefficient (Wildman–Crippen LogP) is -0.292. The Hall–Kier alpha value is -1.45. The van der Waals surface area contributed by atoms with E-state index in [-0.39, 0.29) is 0 Å². The van der Waals surface area contributed by atoms with Gasteiger partial charge in [0, 0.05) is 18.6 Å². The Bertz CT molecular complexity index is 203. The van der Waals surface area contributed by atoms with Crippen LogP contribution in [0.25, 0.3) is 0 Å². The molecular weight excluding hydrogens is 116 g/mol. The third-order valence-corrected chi connectivity index (χ3v) is 1.19. The number of nitrogens with zero attached hydrogens (tertiary/aromatic N) is 2. The number of hydrazone groups is 1. The fourth-order valence-electron chi connectivity index (χ4n) is 0.753. The van der Waals surface area contributed by atoms with Crippen molar-refractivity contribution < 1.29 is 0 Å². The average Bonchev–Trinajstić information content (AvgIpc) is 2.33. The largest absolute Gasteiger partial charge is 0.363 e. The summed E-state index contributed by atoms with van der Waals surface area (Å²) in [6, 6.07) is 0. The highest BCUT2D eigenvalue weighted by atomic mass is 15.5. The second kappa shape index (κ2) is 1.51. The summed E-state index contributed by atoms with van der Waals surface area (Å²) < 4.78 is 0. The van der Waals surface area contributed by atoms with Crippen molar-refractivity contribution in [2.24, 2.45) is 5.10 Å². The molecular formula is C5H6N4. The van der Waals surface area contributed by atoms with Crippen molar-refractivity contribution in [1.82, 2.24) is 15.6 Å². The van der Waals surface area contributed by atoms with E-state index in [0.717, 1.165) is 5.82 Å². The van der Waals surface area contributed by atoms with Crippen molar-refractivity contribution >= 4 is 6.34 Å². The molecule has 9 heavy (non-hydrogen) atoms. The minimum absolute atomic E-state index is 0.956. The Morgan fingerprint density at radius 1 is 1.56 bits per heavy atom. The van der Waals surface area contributed by atoms with Gasteiger partial charge in [0.25, 0.3) is 0 Å². The first-order valence-corrected chi connectivity index (χ1v) is 2.67. The quantitative estimate of drug-likeness (QED) is 0.463. The molecule has 0 aromatic rings. The molecule has 0 amide bonds. The van der Waals surface area contributed by atoms with E-state index in [1.807, 2.05) is 23.5 Å². The molecule has 2 rings (SSSR count). The van der Waals surface area contributed by atoms with Crippen molar-refractivity contribution in [3.05, 3.63) is 24.4 Å². The van der Waals surface area contributed by atoms with Crippen molar-refractivity contribution in [2.45, 2.75) is 0 Å². The molecule has 46 valence electrons. The molecule has 0 fully saturated rings. The van der Waals surface area contributed by atoms with Gasteiger partial charge in [0.15, 0.2) is 0 Å². The maximum Gasteiger partial charge on any atom is 0.148 e. The zero-order valence-electron chi connectivity index (χ0n) is 4.70.